The summed E-state index contributed by atoms with van der Waals surface area (Å²) in [6.45, 7) is 16.8. The van der Waals surface area contributed by atoms with E-state index in [1.807, 2.05) is 99.9 Å². The molecule has 5 rings (SSSR count). The van der Waals surface area contributed by atoms with Crippen molar-refractivity contribution in [1.82, 2.24) is 25.3 Å². The molecule has 12 nitrogen and oxygen atoms in total. The van der Waals surface area contributed by atoms with Crippen molar-refractivity contribution in [2.45, 2.75) is 134 Å². The van der Waals surface area contributed by atoms with E-state index >= 15 is 0 Å². The van der Waals surface area contributed by atoms with Crippen LogP contribution in [0.1, 0.15) is 109 Å². The number of carbonyl (C=O) groups is 4. The fourth-order valence-electron chi connectivity index (χ4n) is 10.9. The third-order valence-electron chi connectivity index (χ3n) is 15.2. The Morgan fingerprint density at radius 3 is 1.73 bits per heavy atom. The first-order valence-corrected chi connectivity index (χ1v) is 27.4. The first kappa shape index (κ1) is 58.8. The van der Waals surface area contributed by atoms with E-state index in [-0.39, 0.29) is 53.8 Å². The molecular weight excluding hydrogens is 935 g/mol. The van der Waals surface area contributed by atoms with Gasteiger partial charge in [-0.1, -0.05) is 176 Å². The number of carbonyl (C=O) groups excluding carboxylic acids is 4. The molecule has 10 atom stereocenters. The summed E-state index contributed by atoms with van der Waals surface area (Å²) >= 11 is 1.85. The maximum atomic E-state index is 14.9. The van der Waals surface area contributed by atoms with E-state index in [0.29, 0.717) is 30.8 Å². The normalized spacial score (nSPS) is 17.8. The van der Waals surface area contributed by atoms with Crippen molar-refractivity contribution in [2.75, 3.05) is 47.2 Å². The zero-order valence-electron chi connectivity index (χ0n) is 45.6. The maximum absolute atomic E-state index is 14.9. The Hall–Kier alpha value is -5.05. The monoisotopic (exact) mass is 1020 g/mol. The highest BCUT2D eigenvalue weighted by Crippen LogP contribution is 2.48. The molecule has 1 fully saturated rings. The first-order chi connectivity index (χ1) is 34.9. The molecule has 0 saturated carbocycles. The van der Waals surface area contributed by atoms with Crippen molar-refractivity contribution in [1.29, 1.82) is 0 Å². The van der Waals surface area contributed by atoms with Crippen LogP contribution in [0.4, 0.5) is 0 Å². The van der Waals surface area contributed by atoms with E-state index in [1.54, 1.807) is 40.0 Å². The molecular formula is C60H85N5O7S. The fourth-order valence-corrected chi connectivity index (χ4v) is 12.5. The Morgan fingerprint density at radius 2 is 1.26 bits per heavy atom. The topological polar surface area (TPSA) is 141 Å². The number of hydrogen-bond acceptors (Lipinski definition) is 9. The average molecular weight is 1020 g/mol. The molecule has 0 aromatic heterocycles. The van der Waals surface area contributed by atoms with Gasteiger partial charge in [-0.25, -0.2) is 0 Å². The number of benzene rings is 4. The number of hydrogen-bond donors (Lipinski definition) is 3. The lowest BCUT2D eigenvalue weighted by atomic mass is 9.84. The lowest BCUT2D eigenvalue weighted by Gasteiger charge is -2.41. The van der Waals surface area contributed by atoms with Gasteiger partial charge >= 0.3 is 0 Å². The van der Waals surface area contributed by atoms with Gasteiger partial charge in [0.2, 0.25) is 23.6 Å². The summed E-state index contributed by atoms with van der Waals surface area (Å²) in [5.74, 6) is -1.14. The number of nitrogens with zero attached hydrogens (tertiary/aromatic N) is 3. The second-order valence-corrected chi connectivity index (χ2v) is 22.1. The van der Waals surface area contributed by atoms with Crippen LogP contribution >= 0.6 is 11.8 Å². The number of thioether (sulfide) groups is 1. The van der Waals surface area contributed by atoms with Gasteiger partial charge in [0.05, 0.1) is 59.6 Å². The van der Waals surface area contributed by atoms with E-state index in [9.17, 15) is 24.3 Å². The van der Waals surface area contributed by atoms with E-state index in [0.717, 1.165) is 12.8 Å². The minimum Gasteiger partial charge on any atom is -0.386 e. The molecule has 13 heteroatoms. The van der Waals surface area contributed by atoms with Gasteiger partial charge in [-0.05, 0) is 66.8 Å². The van der Waals surface area contributed by atoms with Crippen LogP contribution in [0.25, 0.3) is 0 Å². The zero-order chi connectivity index (χ0) is 53.4. The molecule has 3 N–H and O–H groups in total. The van der Waals surface area contributed by atoms with Crippen molar-refractivity contribution in [3.05, 3.63) is 144 Å². The van der Waals surface area contributed by atoms with Crippen molar-refractivity contribution in [3.8, 4) is 0 Å². The average Bonchev–Trinajstić information content (AvgIpc) is 3.89. The number of methoxy groups -OCH3 is 2. The molecule has 1 aliphatic heterocycles. The summed E-state index contributed by atoms with van der Waals surface area (Å²) in [5, 5.41) is 17.1. The summed E-state index contributed by atoms with van der Waals surface area (Å²) in [6, 6.07) is 38.2. The van der Waals surface area contributed by atoms with E-state index in [2.05, 4.69) is 102 Å². The summed E-state index contributed by atoms with van der Waals surface area (Å²) in [7, 11) is 6.89. The van der Waals surface area contributed by atoms with E-state index < -0.39 is 53.1 Å². The molecule has 0 aliphatic carbocycles. The van der Waals surface area contributed by atoms with Crippen molar-refractivity contribution in [2.24, 2.45) is 23.7 Å². The van der Waals surface area contributed by atoms with Gasteiger partial charge in [0.1, 0.15) is 6.04 Å². The summed E-state index contributed by atoms with van der Waals surface area (Å²) < 4.78 is 11.7. The predicted octanol–water partition coefficient (Wildman–Crippen LogP) is 8.97. The highest BCUT2D eigenvalue weighted by atomic mass is 32.2. The molecule has 0 spiro atoms. The van der Waals surface area contributed by atoms with Crippen LogP contribution in [-0.2, 0) is 33.4 Å². The number of likely N-dealkylation sites (N-methyl/N-ethyl adjacent to an activating group) is 2. The Morgan fingerprint density at radius 1 is 0.740 bits per heavy atom. The van der Waals surface area contributed by atoms with Crippen molar-refractivity contribution in [3.63, 3.8) is 0 Å². The fraction of sp³-hybridized carbons (Fsp3) is 0.533. The second-order valence-electron chi connectivity index (χ2n) is 20.8. The SMILES string of the molecule is CC[C@H](C)[C@@H]([C@@H](CC(=O)N1CCC[C@H]1[C@H](OC)[C@@H](C)C(=O)N[C@H](C)[C@@H](O)c1ccccc1)OC)N(C)C(=O)C(NC(=O)[C@H](C(C)C)N(C)CCSC(c1ccccc1)(c1ccccc1)c1ccccc1)C(C)C. The molecule has 4 amide bonds. The van der Waals surface area contributed by atoms with Crippen LogP contribution in [0.15, 0.2) is 121 Å². The van der Waals surface area contributed by atoms with Gasteiger partial charge in [-0.3, -0.25) is 24.1 Å². The largest absolute Gasteiger partial charge is 0.386 e. The quantitative estimate of drug-likeness (QED) is 0.0500. The zero-order valence-corrected chi connectivity index (χ0v) is 46.4. The third-order valence-corrected chi connectivity index (χ3v) is 16.7. The smallest absolute Gasteiger partial charge is 0.245 e. The number of rotatable bonds is 27. The van der Waals surface area contributed by atoms with E-state index in [1.165, 1.54) is 16.7 Å². The number of amides is 4. The lowest BCUT2D eigenvalue weighted by Crippen LogP contribution is -2.60. The molecule has 1 unspecified atom stereocenters. The van der Waals surface area contributed by atoms with Gasteiger partial charge in [0.25, 0.3) is 0 Å². The summed E-state index contributed by atoms with van der Waals surface area (Å²) in [4.78, 5) is 63.3. The van der Waals surface area contributed by atoms with Crippen LogP contribution in [0.5, 0.6) is 0 Å². The molecule has 1 saturated heterocycles. The summed E-state index contributed by atoms with van der Waals surface area (Å²) in [6.07, 6.45) is -0.0241. The Labute approximate surface area is 441 Å². The number of ether oxygens (including phenoxy) is 2. The highest BCUT2D eigenvalue weighted by molar-refractivity contribution is 8.00. The maximum Gasteiger partial charge on any atom is 0.245 e. The van der Waals surface area contributed by atoms with Gasteiger partial charge < -0.3 is 35.0 Å². The molecule has 4 aromatic carbocycles. The Kier molecular flexibility index (Phi) is 22.6. The number of nitrogens with one attached hydrogen (secondary N) is 2. The van der Waals surface area contributed by atoms with E-state index in [4.69, 9.17) is 9.47 Å². The molecule has 73 heavy (non-hydrogen) atoms. The third kappa shape index (κ3) is 14.4. The van der Waals surface area contributed by atoms with Crippen LogP contribution < -0.4 is 10.6 Å². The molecule has 1 heterocycles. The van der Waals surface area contributed by atoms with Crippen LogP contribution in [-0.4, -0.2) is 133 Å². The van der Waals surface area contributed by atoms with Crippen LogP contribution in [0.3, 0.4) is 0 Å². The van der Waals surface area contributed by atoms with Gasteiger partial charge in [0, 0.05) is 40.1 Å². The number of aliphatic hydroxyl groups excluding tert-OH is 1. The highest BCUT2D eigenvalue weighted by Gasteiger charge is 2.44. The van der Waals surface area contributed by atoms with Crippen LogP contribution in [0.2, 0.25) is 0 Å². The molecule has 1 aliphatic rings. The molecule has 398 valence electrons. The minimum atomic E-state index is -0.892. The van der Waals surface area contributed by atoms with Gasteiger partial charge in [0.15, 0.2) is 0 Å². The standard InChI is InChI=1S/C60H85N5O7S/c1-13-42(6)54(50(71-11)39-51(66)65-36-26-35-49(65)56(72-12)43(7)57(68)61-44(8)55(67)45-27-18-14-19-28-45)64(10)59(70)52(40(2)3)62-58(69)53(41(4)5)63(9)37-38-73-60(46-29-20-15-21-30-46,47-31-22-16-23-32-47)48-33-24-17-25-34-48/h14-25,27-34,40-44,49-50,52-56,67H,13,26,35-39H2,1-12H3,(H,61,68)(H,62,69)/t42-,43+,44+,49-,50+,52?,53-,54-,55+,56+/m0/s1. The van der Waals surface area contributed by atoms with Crippen LogP contribution in [0, 0.1) is 23.7 Å². The minimum absolute atomic E-state index is 0.00791. The first-order valence-electron chi connectivity index (χ1n) is 26.4. The summed E-state index contributed by atoms with van der Waals surface area (Å²) in [5.41, 5.74) is 4.23. The van der Waals surface area contributed by atoms with Gasteiger partial charge in [-0.15, -0.1) is 11.8 Å². The Bertz CT molecular complexity index is 2210. The molecule has 4 aromatic rings. The van der Waals surface area contributed by atoms with Gasteiger partial charge in [-0.2, -0.15) is 0 Å². The predicted molar refractivity (Wildman–Crippen MR) is 295 cm³/mol. The number of aliphatic hydroxyl groups is 1. The van der Waals surface area contributed by atoms with Crippen molar-refractivity contribution >= 4 is 35.4 Å². The van der Waals surface area contributed by atoms with Crippen molar-refractivity contribution < 1.29 is 33.8 Å². The Balaban J connectivity index is 1.28. The molecule has 0 bridgehead atoms. The second kappa shape index (κ2) is 28.0. The number of likely N-dealkylation sites (tertiary alicyclic amines) is 1. The molecule has 0 radical (unpaired) electrons. The lowest BCUT2D eigenvalue weighted by molar-refractivity contribution is -0.148.